The Morgan fingerprint density at radius 3 is 2.60 bits per heavy atom. The molecular formula is C22H25Cl2FN2O2S. The number of carbonyl (C=O) groups is 1. The smallest absolute Gasteiger partial charge is 0.251 e. The van der Waals surface area contributed by atoms with Crippen molar-refractivity contribution in [2.45, 2.75) is 44.2 Å². The summed E-state index contributed by atoms with van der Waals surface area (Å²) in [4.78, 5) is 15.4. The summed E-state index contributed by atoms with van der Waals surface area (Å²) < 4.78 is 26.9. The number of likely N-dealkylation sites (tertiary alicyclic amines) is 1. The van der Waals surface area contributed by atoms with Gasteiger partial charge in [0, 0.05) is 39.8 Å². The standard InChI is InChI=1S/C22H25Cl2FN2O2S/c1-2-30(29)21-7-6-17(23)10-16(21)13-26-22(28)15-11-19(24)18(20(25)12-15)14-27-8-4-3-5-9-27/h6-7,10-12H,2-5,8-9,13-14H2,1H3,(H,26,28). The molecule has 1 saturated heterocycles. The molecule has 2 aromatic rings. The van der Waals surface area contributed by atoms with Gasteiger partial charge >= 0.3 is 0 Å². The first-order valence-corrected chi connectivity index (χ1v) is 12.1. The molecule has 1 aliphatic heterocycles. The van der Waals surface area contributed by atoms with Gasteiger partial charge in [0.1, 0.15) is 11.6 Å². The third-order valence-corrected chi connectivity index (χ3v) is 7.19. The minimum absolute atomic E-state index is 0.134. The second-order valence-electron chi connectivity index (χ2n) is 7.32. The molecule has 30 heavy (non-hydrogen) atoms. The van der Waals surface area contributed by atoms with Crippen LogP contribution in [0.25, 0.3) is 0 Å². The number of carbonyl (C=O) groups excluding carboxylic acids is 1. The van der Waals surface area contributed by atoms with Gasteiger partial charge in [-0.2, -0.15) is 0 Å². The molecule has 1 N–H and O–H groups in total. The molecule has 0 bridgehead atoms. The van der Waals surface area contributed by atoms with Crippen molar-refractivity contribution in [3.05, 3.63) is 62.9 Å². The SMILES string of the molecule is CC[S+]([O-])c1ccc(Cl)cc1CNC(=O)c1cc(F)c(CN2CCCCC2)c(Cl)c1. The largest absolute Gasteiger partial charge is 0.611 e. The van der Waals surface area contributed by atoms with Gasteiger partial charge in [-0.3, -0.25) is 9.69 Å². The van der Waals surface area contributed by atoms with E-state index < -0.39 is 22.9 Å². The molecule has 3 rings (SSSR count). The van der Waals surface area contributed by atoms with Gasteiger partial charge in [0.05, 0.1) is 0 Å². The molecule has 162 valence electrons. The van der Waals surface area contributed by atoms with Crippen LogP contribution in [0.3, 0.4) is 0 Å². The van der Waals surface area contributed by atoms with E-state index in [1.54, 1.807) is 18.2 Å². The minimum Gasteiger partial charge on any atom is -0.611 e. The molecule has 0 aliphatic carbocycles. The lowest BCUT2D eigenvalue weighted by Gasteiger charge is -2.27. The van der Waals surface area contributed by atoms with Gasteiger partial charge in [-0.25, -0.2) is 4.39 Å². The summed E-state index contributed by atoms with van der Waals surface area (Å²) in [6, 6.07) is 7.78. The maximum absolute atomic E-state index is 14.7. The van der Waals surface area contributed by atoms with Crippen LogP contribution in [0.1, 0.15) is 47.7 Å². The molecule has 2 aromatic carbocycles. The van der Waals surface area contributed by atoms with E-state index in [-0.39, 0.29) is 17.1 Å². The molecule has 1 amide bonds. The summed E-state index contributed by atoms with van der Waals surface area (Å²) in [5.74, 6) is -0.468. The van der Waals surface area contributed by atoms with Crippen molar-refractivity contribution >= 4 is 40.3 Å². The molecule has 4 nitrogen and oxygen atoms in total. The molecule has 0 aromatic heterocycles. The summed E-state index contributed by atoms with van der Waals surface area (Å²) >= 11 is 11.2. The molecule has 0 spiro atoms. The lowest BCUT2D eigenvalue weighted by molar-refractivity contribution is 0.0950. The summed E-state index contributed by atoms with van der Waals surface area (Å²) in [7, 11) is 0. The topological polar surface area (TPSA) is 55.4 Å². The first-order valence-electron chi connectivity index (χ1n) is 10.0. The number of benzene rings is 2. The third kappa shape index (κ3) is 5.89. The minimum atomic E-state index is -1.18. The van der Waals surface area contributed by atoms with Gasteiger partial charge in [0.2, 0.25) is 0 Å². The summed E-state index contributed by atoms with van der Waals surface area (Å²) in [6.07, 6.45) is 3.41. The van der Waals surface area contributed by atoms with Crippen molar-refractivity contribution in [2.24, 2.45) is 0 Å². The second-order valence-corrected chi connectivity index (χ2v) is 9.88. The second kappa shape index (κ2) is 10.8. The van der Waals surface area contributed by atoms with Crippen LogP contribution in [0.15, 0.2) is 35.2 Å². The quantitative estimate of drug-likeness (QED) is 0.567. The van der Waals surface area contributed by atoms with E-state index in [4.69, 9.17) is 23.2 Å². The molecule has 1 atom stereocenters. The van der Waals surface area contributed by atoms with E-state index in [2.05, 4.69) is 10.2 Å². The average molecular weight is 471 g/mol. The predicted octanol–water partition coefficient (Wildman–Crippen LogP) is 5.18. The number of nitrogens with one attached hydrogen (secondary N) is 1. The van der Waals surface area contributed by atoms with Gasteiger partial charge < -0.3 is 9.87 Å². The highest BCUT2D eigenvalue weighted by atomic mass is 35.5. The van der Waals surface area contributed by atoms with Crippen LogP contribution in [0.4, 0.5) is 4.39 Å². The Morgan fingerprint density at radius 1 is 1.20 bits per heavy atom. The highest BCUT2D eigenvalue weighted by molar-refractivity contribution is 7.91. The van der Waals surface area contributed by atoms with Crippen molar-refractivity contribution in [1.29, 1.82) is 0 Å². The number of piperidine rings is 1. The first kappa shape index (κ1) is 23.4. The van der Waals surface area contributed by atoms with Gasteiger partial charge in [-0.05, 0) is 74.4 Å². The summed E-state index contributed by atoms with van der Waals surface area (Å²) in [5, 5.41) is 3.49. The Bertz CT molecular complexity index is 884. The maximum atomic E-state index is 14.7. The molecule has 1 fully saturated rings. The Labute approximate surface area is 189 Å². The third-order valence-electron chi connectivity index (χ3n) is 5.20. The zero-order valence-corrected chi connectivity index (χ0v) is 19.2. The number of halogens is 3. The van der Waals surface area contributed by atoms with Crippen LogP contribution in [0.5, 0.6) is 0 Å². The highest BCUT2D eigenvalue weighted by Crippen LogP contribution is 2.25. The lowest BCUT2D eigenvalue weighted by Crippen LogP contribution is -2.30. The molecule has 8 heteroatoms. The molecule has 0 saturated carbocycles. The summed E-state index contributed by atoms with van der Waals surface area (Å²) in [6.45, 7) is 4.26. The number of amides is 1. The Hall–Kier alpha value is -1.31. The average Bonchev–Trinajstić information content (AvgIpc) is 2.74. The summed E-state index contributed by atoms with van der Waals surface area (Å²) in [5.41, 5.74) is 1.25. The lowest BCUT2D eigenvalue weighted by atomic mass is 10.1. The van der Waals surface area contributed by atoms with Gasteiger partial charge in [-0.1, -0.05) is 29.6 Å². The van der Waals surface area contributed by atoms with Crippen LogP contribution in [0.2, 0.25) is 10.0 Å². The van der Waals surface area contributed by atoms with Crippen molar-refractivity contribution in [3.63, 3.8) is 0 Å². The monoisotopic (exact) mass is 470 g/mol. The molecule has 0 radical (unpaired) electrons. The van der Waals surface area contributed by atoms with Crippen LogP contribution in [-0.4, -0.2) is 34.2 Å². The normalized spacial score (nSPS) is 15.8. The Balaban J connectivity index is 1.71. The van der Waals surface area contributed by atoms with Crippen molar-refractivity contribution in [2.75, 3.05) is 18.8 Å². The van der Waals surface area contributed by atoms with Gasteiger partial charge in [0.25, 0.3) is 5.91 Å². The van der Waals surface area contributed by atoms with Crippen LogP contribution in [-0.2, 0) is 24.3 Å². The van der Waals surface area contributed by atoms with Crippen LogP contribution in [0, 0.1) is 5.82 Å². The van der Waals surface area contributed by atoms with Crippen molar-refractivity contribution < 1.29 is 13.7 Å². The van der Waals surface area contributed by atoms with Crippen molar-refractivity contribution in [1.82, 2.24) is 10.2 Å². The van der Waals surface area contributed by atoms with Gasteiger partial charge in [0.15, 0.2) is 4.90 Å². The number of nitrogens with zero attached hydrogens (tertiary/aromatic N) is 1. The zero-order valence-electron chi connectivity index (χ0n) is 16.8. The fourth-order valence-electron chi connectivity index (χ4n) is 3.57. The van der Waals surface area contributed by atoms with E-state index in [9.17, 15) is 13.7 Å². The van der Waals surface area contributed by atoms with E-state index >= 15 is 0 Å². The highest BCUT2D eigenvalue weighted by Gasteiger charge is 2.19. The van der Waals surface area contributed by atoms with E-state index in [0.29, 0.717) is 33.3 Å². The van der Waals surface area contributed by atoms with Crippen LogP contribution < -0.4 is 5.32 Å². The molecule has 1 aliphatic rings. The molecular weight excluding hydrogens is 446 g/mol. The van der Waals surface area contributed by atoms with E-state index in [0.717, 1.165) is 25.9 Å². The molecule has 1 unspecified atom stereocenters. The Morgan fingerprint density at radius 2 is 1.93 bits per heavy atom. The van der Waals surface area contributed by atoms with E-state index in [1.807, 2.05) is 6.92 Å². The Kier molecular flexibility index (Phi) is 8.43. The van der Waals surface area contributed by atoms with Crippen molar-refractivity contribution in [3.8, 4) is 0 Å². The molecule has 1 heterocycles. The van der Waals surface area contributed by atoms with Crippen LogP contribution >= 0.6 is 23.2 Å². The number of hydrogen-bond donors (Lipinski definition) is 1. The predicted molar refractivity (Wildman–Crippen MR) is 120 cm³/mol. The fourth-order valence-corrected chi connectivity index (χ4v) is 4.98. The fraction of sp³-hybridized carbons (Fsp3) is 0.409. The maximum Gasteiger partial charge on any atom is 0.251 e. The first-order chi connectivity index (χ1) is 14.4. The van der Waals surface area contributed by atoms with E-state index in [1.165, 1.54) is 18.6 Å². The number of hydrogen-bond acceptors (Lipinski definition) is 3. The van der Waals surface area contributed by atoms with Gasteiger partial charge in [-0.15, -0.1) is 0 Å². The zero-order chi connectivity index (χ0) is 21.7. The number of rotatable bonds is 7.